The highest BCUT2D eigenvalue weighted by atomic mass is 32.2. The van der Waals surface area contributed by atoms with Gasteiger partial charge in [0.15, 0.2) is 0 Å². The molecule has 0 aliphatic heterocycles. The normalized spacial score (nSPS) is 14.9. The molecule has 1 rings (SSSR count). The molecule has 17 heavy (non-hydrogen) atoms. The van der Waals surface area contributed by atoms with Crippen molar-refractivity contribution in [2.24, 2.45) is 0 Å². The number of rotatable bonds is 6. The third-order valence-electron chi connectivity index (χ3n) is 2.41. The minimum absolute atomic E-state index is 0.0140. The van der Waals surface area contributed by atoms with Crippen molar-refractivity contribution in [3.63, 3.8) is 0 Å². The van der Waals surface area contributed by atoms with Gasteiger partial charge in [-0.15, -0.1) is 0 Å². The molecule has 1 aromatic carbocycles. The second kappa shape index (κ2) is 6.93. The zero-order valence-corrected chi connectivity index (χ0v) is 10.7. The number of hydrogen-bond donors (Lipinski definition) is 2. The van der Waals surface area contributed by atoms with E-state index in [0.29, 0.717) is 16.7 Å². The Kier molecular flexibility index (Phi) is 5.88. The molecule has 2 atom stereocenters. The van der Waals surface area contributed by atoms with Gasteiger partial charge in [-0.3, -0.25) is 0 Å². The minimum atomic E-state index is -2.38. The summed E-state index contributed by atoms with van der Waals surface area (Å²) in [7, 11) is 0. The molecule has 0 saturated heterocycles. The summed E-state index contributed by atoms with van der Waals surface area (Å²) in [6, 6.07) is 7.13. The first kappa shape index (κ1) is 14.4. The topological polar surface area (TPSA) is 32.3 Å². The number of aliphatic hydroxyl groups excluding tert-OH is 1. The maximum Gasteiger partial charge on any atom is 0.288 e. The maximum absolute atomic E-state index is 12.1. The summed E-state index contributed by atoms with van der Waals surface area (Å²) in [5.74, 6) is -2.38. The van der Waals surface area contributed by atoms with Crippen molar-refractivity contribution in [1.82, 2.24) is 5.32 Å². The fraction of sp³-hybridized carbons (Fsp3) is 0.500. The Morgan fingerprint density at radius 1 is 1.24 bits per heavy atom. The van der Waals surface area contributed by atoms with Gasteiger partial charge in [-0.2, -0.15) is 8.78 Å². The summed E-state index contributed by atoms with van der Waals surface area (Å²) < 4.78 is 24.2. The van der Waals surface area contributed by atoms with Crippen LogP contribution in [0.5, 0.6) is 0 Å². The van der Waals surface area contributed by atoms with Gasteiger partial charge in [0.05, 0.1) is 6.61 Å². The molecule has 0 heterocycles. The van der Waals surface area contributed by atoms with Gasteiger partial charge < -0.3 is 10.4 Å². The smallest absolute Gasteiger partial charge is 0.288 e. The highest BCUT2D eigenvalue weighted by Gasteiger charge is 2.09. The molecule has 0 bridgehead atoms. The Morgan fingerprint density at radius 3 is 2.29 bits per heavy atom. The Bertz CT molecular complexity index is 332. The molecule has 5 heteroatoms. The number of nitrogens with one attached hydrogen (secondary N) is 1. The number of halogens is 2. The van der Waals surface area contributed by atoms with Crippen LogP contribution in [0.4, 0.5) is 8.78 Å². The lowest BCUT2D eigenvalue weighted by atomic mass is 10.1. The van der Waals surface area contributed by atoms with Crippen LogP contribution in [0.25, 0.3) is 0 Å². The third kappa shape index (κ3) is 5.02. The van der Waals surface area contributed by atoms with E-state index < -0.39 is 5.76 Å². The van der Waals surface area contributed by atoms with Crippen LogP contribution < -0.4 is 5.32 Å². The number of alkyl halides is 2. The molecule has 0 aliphatic rings. The number of thioether (sulfide) groups is 1. The summed E-state index contributed by atoms with van der Waals surface area (Å²) in [6.07, 6.45) is 0. The van der Waals surface area contributed by atoms with E-state index in [1.807, 2.05) is 26.0 Å². The fourth-order valence-electron chi connectivity index (χ4n) is 1.51. The average Bonchev–Trinajstić information content (AvgIpc) is 2.28. The molecular formula is C12H17F2NOS. The number of hydrogen-bond acceptors (Lipinski definition) is 3. The van der Waals surface area contributed by atoms with Crippen molar-refractivity contribution < 1.29 is 13.9 Å². The molecule has 0 aromatic heterocycles. The molecule has 2 N–H and O–H groups in total. The first-order chi connectivity index (χ1) is 8.02. The molecule has 0 aliphatic carbocycles. The van der Waals surface area contributed by atoms with E-state index in [4.69, 9.17) is 5.11 Å². The largest absolute Gasteiger partial charge is 0.395 e. The molecule has 0 spiro atoms. The van der Waals surface area contributed by atoms with Crippen molar-refractivity contribution in [2.45, 2.75) is 36.6 Å². The molecule has 0 unspecified atom stereocenters. The highest BCUT2D eigenvalue weighted by Crippen LogP contribution is 2.26. The van der Waals surface area contributed by atoms with E-state index in [-0.39, 0.29) is 18.7 Å². The lowest BCUT2D eigenvalue weighted by molar-refractivity contribution is 0.243. The predicted molar refractivity (Wildman–Crippen MR) is 66.4 cm³/mol. The maximum atomic E-state index is 12.1. The van der Waals surface area contributed by atoms with Gasteiger partial charge in [-0.1, -0.05) is 23.9 Å². The van der Waals surface area contributed by atoms with Gasteiger partial charge in [0.25, 0.3) is 5.76 Å². The third-order valence-corrected chi connectivity index (χ3v) is 3.14. The van der Waals surface area contributed by atoms with E-state index in [0.717, 1.165) is 5.56 Å². The Balaban J connectivity index is 2.60. The molecule has 0 fully saturated rings. The SMILES string of the molecule is C[C@H](N[C@@H](C)CO)c1ccc(SC(F)F)cc1. The van der Waals surface area contributed by atoms with Crippen molar-refractivity contribution >= 4 is 11.8 Å². The lowest BCUT2D eigenvalue weighted by Gasteiger charge is -2.18. The first-order valence-electron chi connectivity index (χ1n) is 5.44. The van der Waals surface area contributed by atoms with Gasteiger partial charge in [0.1, 0.15) is 0 Å². The fourth-order valence-corrected chi connectivity index (χ4v) is 2.01. The highest BCUT2D eigenvalue weighted by molar-refractivity contribution is 7.99. The summed E-state index contributed by atoms with van der Waals surface area (Å²) in [6.45, 7) is 3.93. The van der Waals surface area contributed by atoms with E-state index in [1.165, 1.54) is 0 Å². The van der Waals surface area contributed by atoms with Gasteiger partial charge in [-0.05, 0) is 31.5 Å². The summed E-state index contributed by atoms with van der Waals surface area (Å²) >= 11 is 0.544. The first-order valence-corrected chi connectivity index (χ1v) is 6.32. The monoisotopic (exact) mass is 261 g/mol. The zero-order chi connectivity index (χ0) is 12.8. The van der Waals surface area contributed by atoms with Crippen molar-refractivity contribution in [3.8, 4) is 0 Å². The van der Waals surface area contributed by atoms with E-state index in [9.17, 15) is 8.78 Å². The predicted octanol–water partition coefficient (Wildman–Crippen LogP) is 3.03. The van der Waals surface area contributed by atoms with Crippen LogP contribution in [0.2, 0.25) is 0 Å². The summed E-state index contributed by atoms with van der Waals surface area (Å²) in [4.78, 5) is 0.561. The van der Waals surface area contributed by atoms with E-state index in [1.54, 1.807) is 12.1 Å². The van der Waals surface area contributed by atoms with Crippen LogP contribution in [0, 0.1) is 0 Å². The van der Waals surface area contributed by atoms with Gasteiger partial charge in [-0.25, -0.2) is 0 Å². The Labute approximate surface area is 104 Å². The van der Waals surface area contributed by atoms with Crippen LogP contribution in [0.3, 0.4) is 0 Å². The quantitative estimate of drug-likeness (QED) is 0.772. The van der Waals surface area contributed by atoms with Crippen LogP contribution >= 0.6 is 11.8 Å². The average molecular weight is 261 g/mol. The number of benzene rings is 1. The number of aliphatic hydroxyl groups is 1. The molecule has 0 radical (unpaired) electrons. The van der Waals surface area contributed by atoms with Gasteiger partial charge >= 0.3 is 0 Å². The van der Waals surface area contributed by atoms with Crippen molar-refractivity contribution in [3.05, 3.63) is 29.8 Å². The molecule has 1 aromatic rings. The Hall–Kier alpha value is -0.650. The van der Waals surface area contributed by atoms with Gasteiger partial charge in [0.2, 0.25) is 0 Å². The summed E-state index contributed by atoms with van der Waals surface area (Å²) in [5.41, 5.74) is 1.02. The summed E-state index contributed by atoms with van der Waals surface area (Å²) in [5, 5.41) is 12.1. The van der Waals surface area contributed by atoms with Crippen LogP contribution in [0.1, 0.15) is 25.5 Å². The Morgan fingerprint density at radius 2 is 1.82 bits per heavy atom. The second-order valence-corrected chi connectivity index (χ2v) is 4.98. The second-order valence-electron chi connectivity index (χ2n) is 3.92. The standard InChI is InChI=1S/C12H17F2NOS/c1-8(7-16)15-9(2)10-3-5-11(6-4-10)17-12(13)14/h3-6,8-9,12,15-16H,7H2,1-2H3/t8-,9-/m0/s1. The molecule has 0 amide bonds. The van der Waals surface area contributed by atoms with Crippen LogP contribution in [-0.2, 0) is 0 Å². The molecule has 0 saturated carbocycles. The van der Waals surface area contributed by atoms with Crippen LogP contribution in [0.15, 0.2) is 29.2 Å². The van der Waals surface area contributed by atoms with Crippen LogP contribution in [-0.4, -0.2) is 23.5 Å². The molecule has 2 nitrogen and oxygen atoms in total. The van der Waals surface area contributed by atoms with Crippen molar-refractivity contribution in [1.29, 1.82) is 0 Å². The molecule has 96 valence electrons. The molecular weight excluding hydrogens is 244 g/mol. The van der Waals surface area contributed by atoms with E-state index in [2.05, 4.69) is 5.32 Å². The van der Waals surface area contributed by atoms with Crippen molar-refractivity contribution in [2.75, 3.05) is 6.61 Å². The lowest BCUT2D eigenvalue weighted by Crippen LogP contribution is -2.31. The minimum Gasteiger partial charge on any atom is -0.395 e. The van der Waals surface area contributed by atoms with E-state index >= 15 is 0 Å². The zero-order valence-electron chi connectivity index (χ0n) is 9.86. The van der Waals surface area contributed by atoms with Gasteiger partial charge in [0, 0.05) is 17.0 Å².